The molecule has 25 heavy (non-hydrogen) atoms. The van der Waals surface area contributed by atoms with Crippen molar-refractivity contribution in [1.82, 2.24) is 9.55 Å². The highest BCUT2D eigenvalue weighted by molar-refractivity contribution is 6.35. The summed E-state index contributed by atoms with van der Waals surface area (Å²) in [5.74, 6) is 0.680. The third-order valence-electron chi connectivity index (χ3n) is 3.93. The van der Waals surface area contributed by atoms with Gasteiger partial charge in [-0.2, -0.15) is 0 Å². The van der Waals surface area contributed by atoms with Crippen LogP contribution in [0, 0.1) is 6.92 Å². The Balaban J connectivity index is 1.89. The molecule has 6 heteroatoms. The minimum absolute atomic E-state index is 0.0373. The molecular formula is C19H18Cl2N2O2. The molecule has 0 spiro atoms. The van der Waals surface area contributed by atoms with E-state index in [1.807, 2.05) is 31.2 Å². The fraction of sp³-hybridized carbons (Fsp3) is 0.211. The Bertz CT molecular complexity index is 835. The highest BCUT2D eigenvalue weighted by Crippen LogP contribution is 2.32. The molecule has 130 valence electrons. The Kier molecular flexibility index (Phi) is 5.33. The number of aromatic nitrogens is 2. The average Bonchev–Trinajstić information content (AvgIpc) is 3.07. The average molecular weight is 377 g/mol. The topological polar surface area (TPSA) is 47.3 Å². The zero-order chi connectivity index (χ0) is 17.9. The lowest BCUT2D eigenvalue weighted by atomic mass is 9.94. The summed E-state index contributed by atoms with van der Waals surface area (Å²) in [6.45, 7) is 2.29. The Morgan fingerprint density at radius 3 is 2.56 bits per heavy atom. The molecule has 3 aromatic rings. The zero-order valence-corrected chi connectivity index (χ0v) is 15.2. The Morgan fingerprint density at radius 2 is 1.92 bits per heavy atom. The van der Waals surface area contributed by atoms with Crippen molar-refractivity contribution in [3.05, 3.63) is 82.4 Å². The first-order valence-corrected chi connectivity index (χ1v) is 8.55. The van der Waals surface area contributed by atoms with E-state index >= 15 is 0 Å². The molecule has 4 nitrogen and oxygen atoms in total. The minimum Gasteiger partial charge on any atom is -0.490 e. The molecule has 1 heterocycles. The molecule has 0 amide bonds. The lowest BCUT2D eigenvalue weighted by Gasteiger charge is -2.30. The van der Waals surface area contributed by atoms with Crippen molar-refractivity contribution in [2.75, 3.05) is 6.61 Å². The van der Waals surface area contributed by atoms with Gasteiger partial charge in [0.05, 0.1) is 12.9 Å². The first-order valence-electron chi connectivity index (χ1n) is 7.79. The third kappa shape index (κ3) is 4.34. The molecule has 0 aliphatic carbocycles. The predicted octanol–water partition coefficient (Wildman–Crippen LogP) is 4.47. The molecule has 0 saturated heterocycles. The second-order valence-electron chi connectivity index (χ2n) is 5.99. The van der Waals surface area contributed by atoms with Crippen LogP contribution in [0.5, 0.6) is 5.75 Å². The van der Waals surface area contributed by atoms with Gasteiger partial charge in [0.15, 0.2) is 0 Å². The largest absolute Gasteiger partial charge is 0.490 e. The first-order chi connectivity index (χ1) is 12.0. The number of aliphatic hydroxyl groups is 1. The SMILES string of the molecule is Cc1ccc(OCC(O)(Cn2ccnc2)c2ccc(Cl)cc2Cl)cc1. The zero-order valence-electron chi connectivity index (χ0n) is 13.7. The molecule has 0 bridgehead atoms. The van der Waals surface area contributed by atoms with Crippen molar-refractivity contribution in [2.45, 2.75) is 19.1 Å². The summed E-state index contributed by atoms with van der Waals surface area (Å²) >= 11 is 12.3. The van der Waals surface area contributed by atoms with E-state index in [1.165, 1.54) is 0 Å². The lowest BCUT2D eigenvalue weighted by molar-refractivity contribution is -0.0242. The highest BCUT2D eigenvalue weighted by Gasteiger charge is 2.33. The Morgan fingerprint density at radius 1 is 1.16 bits per heavy atom. The van der Waals surface area contributed by atoms with Crippen molar-refractivity contribution in [3.8, 4) is 5.75 Å². The van der Waals surface area contributed by atoms with Gasteiger partial charge in [-0.3, -0.25) is 0 Å². The van der Waals surface area contributed by atoms with Gasteiger partial charge < -0.3 is 14.4 Å². The summed E-state index contributed by atoms with van der Waals surface area (Å²) in [6, 6.07) is 12.7. The van der Waals surface area contributed by atoms with Gasteiger partial charge in [0.25, 0.3) is 0 Å². The molecule has 0 aliphatic rings. The van der Waals surface area contributed by atoms with Crippen LogP contribution in [0.1, 0.15) is 11.1 Å². The molecule has 1 aromatic heterocycles. The van der Waals surface area contributed by atoms with E-state index in [4.69, 9.17) is 27.9 Å². The van der Waals surface area contributed by atoms with Gasteiger partial charge in [-0.1, -0.05) is 47.0 Å². The first kappa shape index (κ1) is 17.8. The fourth-order valence-electron chi connectivity index (χ4n) is 2.59. The molecule has 0 aliphatic heterocycles. The predicted molar refractivity (Wildman–Crippen MR) is 99.3 cm³/mol. The normalized spacial score (nSPS) is 13.4. The molecule has 1 atom stereocenters. The number of imidazole rings is 1. The van der Waals surface area contributed by atoms with Gasteiger partial charge in [-0.25, -0.2) is 4.98 Å². The second-order valence-corrected chi connectivity index (χ2v) is 6.84. The van der Waals surface area contributed by atoms with Gasteiger partial charge >= 0.3 is 0 Å². The second kappa shape index (κ2) is 7.48. The van der Waals surface area contributed by atoms with E-state index in [-0.39, 0.29) is 13.2 Å². The maximum atomic E-state index is 11.3. The van der Waals surface area contributed by atoms with Crippen LogP contribution in [0.3, 0.4) is 0 Å². The number of ether oxygens (including phenoxy) is 1. The molecule has 3 rings (SSSR count). The molecule has 0 saturated carbocycles. The molecule has 1 unspecified atom stereocenters. The number of hydrogen-bond acceptors (Lipinski definition) is 3. The Labute approximate surface area is 156 Å². The number of benzene rings is 2. The molecule has 0 fully saturated rings. The summed E-state index contributed by atoms with van der Waals surface area (Å²) in [4.78, 5) is 4.02. The van der Waals surface area contributed by atoms with Gasteiger partial charge in [-0.05, 0) is 31.2 Å². The van der Waals surface area contributed by atoms with E-state index in [0.29, 0.717) is 21.4 Å². The molecule has 0 radical (unpaired) electrons. The van der Waals surface area contributed by atoms with Crippen LogP contribution < -0.4 is 4.74 Å². The fourth-order valence-corrected chi connectivity index (χ4v) is 3.18. The highest BCUT2D eigenvalue weighted by atomic mass is 35.5. The van der Waals surface area contributed by atoms with Crippen molar-refractivity contribution in [1.29, 1.82) is 0 Å². The van der Waals surface area contributed by atoms with Crippen LogP contribution in [0.4, 0.5) is 0 Å². The number of rotatable bonds is 6. The quantitative estimate of drug-likeness (QED) is 0.690. The van der Waals surface area contributed by atoms with Crippen LogP contribution in [0.2, 0.25) is 10.0 Å². The van der Waals surface area contributed by atoms with Crippen molar-refractivity contribution >= 4 is 23.2 Å². The number of nitrogens with zero attached hydrogens (tertiary/aromatic N) is 2. The van der Waals surface area contributed by atoms with Crippen LogP contribution in [-0.2, 0) is 12.1 Å². The van der Waals surface area contributed by atoms with Crippen LogP contribution in [0.15, 0.2) is 61.2 Å². The summed E-state index contributed by atoms with van der Waals surface area (Å²) in [6.07, 6.45) is 5.08. The maximum absolute atomic E-state index is 11.3. The number of halogens is 2. The number of aryl methyl sites for hydroxylation is 1. The molecular weight excluding hydrogens is 359 g/mol. The standard InChI is InChI=1S/C19H18Cl2N2O2/c1-14-2-5-16(6-3-14)25-12-19(24,11-23-9-8-22-13-23)17-7-4-15(20)10-18(17)21/h2-10,13,24H,11-12H2,1H3. The van der Waals surface area contributed by atoms with Crippen LogP contribution in [0.25, 0.3) is 0 Å². The van der Waals surface area contributed by atoms with Crippen molar-refractivity contribution in [3.63, 3.8) is 0 Å². The smallest absolute Gasteiger partial charge is 0.143 e. The van der Waals surface area contributed by atoms with Gasteiger partial charge in [0, 0.05) is 28.0 Å². The van der Waals surface area contributed by atoms with Crippen molar-refractivity contribution < 1.29 is 9.84 Å². The summed E-state index contributed by atoms with van der Waals surface area (Å²) in [5.41, 5.74) is 0.355. The van der Waals surface area contributed by atoms with Crippen LogP contribution in [-0.4, -0.2) is 21.3 Å². The van der Waals surface area contributed by atoms with E-state index in [0.717, 1.165) is 5.56 Å². The summed E-state index contributed by atoms with van der Waals surface area (Å²) < 4.78 is 7.62. The third-order valence-corrected chi connectivity index (χ3v) is 4.48. The molecule has 1 N–H and O–H groups in total. The molecule has 2 aromatic carbocycles. The maximum Gasteiger partial charge on any atom is 0.143 e. The van der Waals surface area contributed by atoms with Gasteiger partial charge in [0.2, 0.25) is 0 Å². The van der Waals surface area contributed by atoms with E-state index in [2.05, 4.69) is 4.98 Å². The summed E-state index contributed by atoms with van der Waals surface area (Å²) in [5, 5.41) is 12.2. The lowest BCUT2D eigenvalue weighted by Crippen LogP contribution is -2.38. The van der Waals surface area contributed by atoms with Gasteiger partial charge in [0.1, 0.15) is 18.0 Å². The van der Waals surface area contributed by atoms with E-state index < -0.39 is 5.60 Å². The Hall–Kier alpha value is -2.01. The minimum atomic E-state index is -1.34. The van der Waals surface area contributed by atoms with Crippen molar-refractivity contribution in [2.24, 2.45) is 0 Å². The number of hydrogen-bond donors (Lipinski definition) is 1. The van der Waals surface area contributed by atoms with E-state index in [1.54, 1.807) is 41.5 Å². The van der Waals surface area contributed by atoms with E-state index in [9.17, 15) is 5.11 Å². The van der Waals surface area contributed by atoms with Crippen LogP contribution >= 0.6 is 23.2 Å². The summed E-state index contributed by atoms with van der Waals surface area (Å²) in [7, 11) is 0. The van der Waals surface area contributed by atoms with Gasteiger partial charge in [-0.15, -0.1) is 0 Å². The monoisotopic (exact) mass is 376 g/mol.